The van der Waals surface area contributed by atoms with E-state index in [0.717, 1.165) is 5.56 Å². The van der Waals surface area contributed by atoms with Gasteiger partial charge in [-0.2, -0.15) is 4.86 Å². The van der Waals surface area contributed by atoms with Crippen molar-refractivity contribution in [3.8, 4) is 5.75 Å². The van der Waals surface area contributed by atoms with E-state index >= 15 is 0 Å². The van der Waals surface area contributed by atoms with Gasteiger partial charge in [0.1, 0.15) is 5.75 Å². The maximum atomic E-state index is 11.5. The van der Waals surface area contributed by atoms with Gasteiger partial charge in [0.15, 0.2) is 0 Å². The van der Waals surface area contributed by atoms with E-state index in [4.69, 9.17) is 9.68 Å². The van der Waals surface area contributed by atoms with E-state index in [1.807, 2.05) is 19.9 Å². The molecule has 0 bridgehead atoms. The van der Waals surface area contributed by atoms with Gasteiger partial charge in [0.2, 0.25) is 0 Å². The third-order valence-electron chi connectivity index (χ3n) is 1.84. The van der Waals surface area contributed by atoms with Crippen molar-refractivity contribution < 1.29 is 19.1 Å². The minimum Gasteiger partial charge on any atom is -0.510 e. The molecule has 0 fully saturated rings. The first-order valence-electron chi connectivity index (χ1n) is 4.35. The Labute approximate surface area is 82.5 Å². The van der Waals surface area contributed by atoms with Crippen LogP contribution in [0.3, 0.4) is 0 Å². The first-order valence-corrected chi connectivity index (χ1v) is 4.35. The molecule has 3 nitrogen and oxygen atoms in total. The Morgan fingerprint density at radius 2 is 2.14 bits per heavy atom. The topological polar surface area (TPSA) is 38.7 Å². The molecule has 0 atom stereocenters. The lowest BCUT2D eigenvalue weighted by molar-refractivity contribution is -0.0527. The molecule has 1 aromatic carbocycles. The van der Waals surface area contributed by atoms with Crippen LogP contribution in [0.15, 0.2) is 24.3 Å². The summed E-state index contributed by atoms with van der Waals surface area (Å²) in [7, 11) is -1.86. The maximum Gasteiger partial charge on any atom is 0.743 e. The van der Waals surface area contributed by atoms with Crippen LogP contribution in [0.5, 0.6) is 5.75 Å². The van der Waals surface area contributed by atoms with Gasteiger partial charge in [-0.3, -0.25) is 0 Å². The fourth-order valence-corrected chi connectivity index (χ4v) is 1.08. The smallest absolute Gasteiger partial charge is 0.510 e. The predicted octanol–water partition coefficient (Wildman–Crippen LogP) is 2.07. The molecule has 76 valence electrons. The highest BCUT2D eigenvalue weighted by Crippen LogP contribution is 2.20. The van der Waals surface area contributed by atoms with Gasteiger partial charge in [-0.05, 0) is 23.6 Å². The van der Waals surface area contributed by atoms with Crippen molar-refractivity contribution in [2.45, 2.75) is 19.8 Å². The van der Waals surface area contributed by atoms with Gasteiger partial charge < -0.3 is 9.68 Å². The molecule has 0 saturated heterocycles. The summed E-state index contributed by atoms with van der Waals surface area (Å²) < 4.78 is 16.2. The standard InChI is InChI=1S/C9H12BFO3/c1-7(2)8-4-3-5-9(6-8)13-10(12)14-11/h3-7,12H,1-2H3. The fraction of sp³-hybridized carbons (Fsp3) is 0.333. The summed E-state index contributed by atoms with van der Waals surface area (Å²) in [6, 6.07) is 7.05. The molecule has 0 spiro atoms. The van der Waals surface area contributed by atoms with Crippen LogP contribution in [0.2, 0.25) is 0 Å². The lowest BCUT2D eigenvalue weighted by atomic mass is 10.0. The summed E-state index contributed by atoms with van der Waals surface area (Å²) in [4.78, 5) is 3.09. The summed E-state index contributed by atoms with van der Waals surface area (Å²) in [6.07, 6.45) is 0. The fourth-order valence-electron chi connectivity index (χ4n) is 1.08. The van der Waals surface area contributed by atoms with E-state index in [9.17, 15) is 4.53 Å². The van der Waals surface area contributed by atoms with Crippen LogP contribution in [0, 0.1) is 0 Å². The highest BCUT2D eigenvalue weighted by Gasteiger charge is 2.19. The van der Waals surface area contributed by atoms with Crippen molar-refractivity contribution in [2.75, 3.05) is 0 Å². The molecule has 0 aliphatic carbocycles. The van der Waals surface area contributed by atoms with Gasteiger partial charge in [0.25, 0.3) is 0 Å². The summed E-state index contributed by atoms with van der Waals surface area (Å²) in [6.45, 7) is 4.06. The van der Waals surface area contributed by atoms with Gasteiger partial charge in [-0.15, -0.1) is 0 Å². The Morgan fingerprint density at radius 1 is 1.43 bits per heavy atom. The quantitative estimate of drug-likeness (QED) is 0.752. The van der Waals surface area contributed by atoms with Crippen molar-refractivity contribution in [3.63, 3.8) is 0 Å². The van der Waals surface area contributed by atoms with Gasteiger partial charge >= 0.3 is 7.32 Å². The van der Waals surface area contributed by atoms with E-state index in [-0.39, 0.29) is 0 Å². The van der Waals surface area contributed by atoms with Crippen LogP contribution in [0.1, 0.15) is 25.3 Å². The van der Waals surface area contributed by atoms with Crippen LogP contribution in [0.4, 0.5) is 4.53 Å². The molecule has 14 heavy (non-hydrogen) atoms. The molecule has 0 unspecified atom stereocenters. The molecule has 0 heterocycles. The second-order valence-corrected chi connectivity index (χ2v) is 3.24. The van der Waals surface area contributed by atoms with Crippen molar-refractivity contribution in [3.05, 3.63) is 29.8 Å². The van der Waals surface area contributed by atoms with Crippen LogP contribution in [-0.4, -0.2) is 12.3 Å². The maximum absolute atomic E-state index is 11.5. The Hall–Kier alpha value is -1.07. The SMILES string of the molecule is CC(C)c1cccc(OB(O)OF)c1. The molecule has 0 radical (unpaired) electrons. The molecule has 0 aliphatic rings. The average Bonchev–Trinajstić information content (AvgIpc) is 2.18. The van der Waals surface area contributed by atoms with Gasteiger partial charge in [0.05, 0.1) is 0 Å². The largest absolute Gasteiger partial charge is 0.743 e. The molecule has 1 aromatic rings. The molecular formula is C9H12BFO3. The number of halogens is 1. The first-order chi connectivity index (χ1) is 6.63. The highest BCUT2D eigenvalue weighted by molar-refractivity contribution is 6.35. The van der Waals surface area contributed by atoms with Crippen molar-refractivity contribution in [1.29, 1.82) is 0 Å². The number of hydrogen-bond donors (Lipinski definition) is 1. The molecule has 0 aliphatic heterocycles. The average molecular weight is 198 g/mol. The van der Waals surface area contributed by atoms with Gasteiger partial charge in [-0.25, -0.2) is 0 Å². The molecule has 0 amide bonds. The Kier molecular flexibility index (Phi) is 3.91. The zero-order valence-electron chi connectivity index (χ0n) is 8.11. The van der Waals surface area contributed by atoms with Crippen LogP contribution in [0.25, 0.3) is 0 Å². The van der Waals surface area contributed by atoms with Crippen LogP contribution in [-0.2, 0) is 4.86 Å². The van der Waals surface area contributed by atoms with Gasteiger partial charge in [0, 0.05) is 0 Å². The summed E-state index contributed by atoms with van der Waals surface area (Å²) >= 11 is 0. The van der Waals surface area contributed by atoms with Crippen LogP contribution >= 0.6 is 0 Å². The second-order valence-electron chi connectivity index (χ2n) is 3.24. The van der Waals surface area contributed by atoms with E-state index in [2.05, 4.69) is 4.86 Å². The Bertz CT molecular complexity index is 293. The predicted molar refractivity (Wildman–Crippen MR) is 51.3 cm³/mol. The van der Waals surface area contributed by atoms with Gasteiger partial charge in [-0.1, -0.05) is 30.5 Å². The first kappa shape index (κ1) is 11.0. The number of hydrogen-bond acceptors (Lipinski definition) is 3. The molecule has 0 aromatic heterocycles. The zero-order valence-corrected chi connectivity index (χ0v) is 8.11. The minimum absolute atomic E-state index is 0.349. The summed E-state index contributed by atoms with van der Waals surface area (Å²) in [5.41, 5.74) is 1.05. The second kappa shape index (κ2) is 4.98. The van der Waals surface area contributed by atoms with Crippen molar-refractivity contribution in [2.24, 2.45) is 0 Å². The molecule has 1 rings (SSSR count). The van der Waals surface area contributed by atoms with Crippen molar-refractivity contribution >= 4 is 7.32 Å². The third-order valence-corrected chi connectivity index (χ3v) is 1.84. The van der Waals surface area contributed by atoms with Crippen molar-refractivity contribution in [1.82, 2.24) is 0 Å². The molecule has 5 heteroatoms. The Morgan fingerprint density at radius 3 is 2.71 bits per heavy atom. The van der Waals surface area contributed by atoms with E-state index < -0.39 is 7.32 Å². The highest BCUT2D eigenvalue weighted by atomic mass is 19.3. The molecular weight excluding hydrogens is 186 g/mol. The number of benzene rings is 1. The van der Waals surface area contributed by atoms with E-state index in [1.165, 1.54) is 0 Å². The van der Waals surface area contributed by atoms with E-state index in [0.29, 0.717) is 11.7 Å². The molecule has 1 N–H and O–H groups in total. The van der Waals surface area contributed by atoms with E-state index in [1.54, 1.807) is 18.2 Å². The minimum atomic E-state index is -1.86. The van der Waals surface area contributed by atoms with Crippen LogP contribution < -0.4 is 4.65 Å². The summed E-state index contributed by atoms with van der Waals surface area (Å²) in [5, 5.41) is 8.72. The third kappa shape index (κ3) is 3.01. The lowest BCUT2D eigenvalue weighted by Crippen LogP contribution is -2.22. The monoisotopic (exact) mass is 198 g/mol. The Balaban J connectivity index is 2.73. The number of rotatable bonds is 4. The summed E-state index contributed by atoms with van der Waals surface area (Å²) in [5.74, 6) is 0.725. The zero-order chi connectivity index (χ0) is 10.6. The lowest BCUT2D eigenvalue weighted by Gasteiger charge is -2.09. The normalized spacial score (nSPS) is 10.4. The molecule has 0 saturated carbocycles.